The van der Waals surface area contributed by atoms with Gasteiger partial charge in [-0.2, -0.15) is 0 Å². The first kappa shape index (κ1) is 22.4. The average Bonchev–Trinajstić information content (AvgIpc) is 3.44. The molecule has 2 aromatic carbocycles. The number of hydrogen-bond acceptors (Lipinski definition) is 4. The first-order valence-electron chi connectivity index (χ1n) is 12.1. The Labute approximate surface area is 221 Å². The molecular formula is C30H21N3O2SeSi. The first-order valence-corrected chi connectivity index (χ1v) is 16.8. The van der Waals surface area contributed by atoms with Crippen molar-refractivity contribution in [2.75, 3.05) is 4.90 Å². The van der Waals surface area contributed by atoms with E-state index in [-0.39, 0.29) is 31.6 Å². The Balaban J connectivity index is 1.48. The number of aromatic nitrogens is 1. The van der Waals surface area contributed by atoms with E-state index in [0.717, 1.165) is 31.6 Å². The van der Waals surface area contributed by atoms with Crippen LogP contribution in [0.2, 0.25) is 13.1 Å². The summed E-state index contributed by atoms with van der Waals surface area (Å²) in [5.74, 6) is 0.500. The predicted octanol–water partition coefficient (Wildman–Crippen LogP) is 4.70. The third kappa shape index (κ3) is 2.75. The summed E-state index contributed by atoms with van der Waals surface area (Å²) >= 11 is -0.216. The van der Waals surface area contributed by atoms with Crippen LogP contribution in [-0.2, 0) is 5.54 Å². The second-order valence-corrected chi connectivity index (χ2v) is 16.9. The van der Waals surface area contributed by atoms with E-state index in [9.17, 15) is 9.59 Å². The van der Waals surface area contributed by atoms with E-state index in [2.05, 4.69) is 47.1 Å². The first-order chi connectivity index (χ1) is 17.8. The van der Waals surface area contributed by atoms with Crippen molar-refractivity contribution < 1.29 is 9.59 Å². The van der Waals surface area contributed by atoms with Crippen molar-refractivity contribution in [3.8, 4) is 0 Å². The molecule has 1 unspecified atom stereocenters. The van der Waals surface area contributed by atoms with Gasteiger partial charge in [0.25, 0.3) is 0 Å². The van der Waals surface area contributed by atoms with Gasteiger partial charge in [-0.3, -0.25) is 0 Å². The number of allylic oxidation sites excluding steroid dienone is 1. The molecule has 7 heteroatoms. The Kier molecular flexibility index (Phi) is 4.45. The van der Waals surface area contributed by atoms with Crippen LogP contribution < -0.4 is 15.3 Å². The number of rotatable bonds is 1. The topological polar surface area (TPSA) is 54.6 Å². The number of nitrogens with zero attached hydrogens (tertiary/aromatic N) is 3. The van der Waals surface area contributed by atoms with Gasteiger partial charge in [0, 0.05) is 0 Å². The van der Waals surface area contributed by atoms with Crippen molar-refractivity contribution in [1.82, 2.24) is 4.98 Å². The molecule has 0 saturated carbocycles. The normalized spacial score (nSPS) is 20.1. The molecule has 2 aliphatic heterocycles. The van der Waals surface area contributed by atoms with E-state index >= 15 is 0 Å². The minimum absolute atomic E-state index is 0.211. The molecule has 0 N–H and O–H groups in total. The maximum absolute atomic E-state index is 13.1. The number of para-hydroxylation sites is 1. The third-order valence-electron chi connectivity index (χ3n) is 8.00. The molecule has 1 aliphatic carbocycles. The molecule has 0 saturated heterocycles. The van der Waals surface area contributed by atoms with E-state index in [1.807, 2.05) is 25.3 Å². The van der Waals surface area contributed by atoms with Crippen LogP contribution >= 0.6 is 0 Å². The molecule has 0 radical (unpaired) electrons. The summed E-state index contributed by atoms with van der Waals surface area (Å²) in [5.41, 5.74) is 3.32. The van der Waals surface area contributed by atoms with Crippen LogP contribution in [0, 0.1) is 6.57 Å². The average molecular weight is 563 g/mol. The number of carbonyl (C=O) groups is 2. The van der Waals surface area contributed by atoms with Crippen molar-refractivity contribution in [2.24, 2.45) is 0 Å². The van der Waals surface area contributed by atoms with Gasteiger partial charge < -0.3 is 0 Å². The predicted molar refractivity (Wildman–Crippen MR) is 149 cm³/mol. The number of fused-ring (bicyclic) bond motifs is 5. The SMILES string of the molecule is [C-]#[N+]C1(C)c2cc(C=C3C(=O)c4ccccc4C3=O)[se]c2N2c3ncccc3[Si](C)(C)c3cccc1c32. The molecule has 3 aliphatic rings. The molecule has 178 valence electrons. The number of benzene rings is 2. The quantitative estimate of drug-likeness (QED) is 0.146. The summed E-state index contributed by atoms with van der Waals surface area (Å²) in [5, 5.41) is 2.59. The molecule has 0 bridgehead atoms. The van der Waals surface area contributed by atoms with E-state index in [0.29, 0.717) is 11.1 Å². The van der Waals surface area contributed by atoms with Gasteiger partial charge in [-0.1, -0.05) is 0 Å². The molecular weight excluding hydrogens is 541 g/mol. The van der Waals surface area contributed by atoms with E-state index < -0.39 is 13.6 Å². The van der Waals surface area contributed by atoms with Crippen LogP contribution in [0.1, 0.15) is 43.2 Å². The zero-order chi connectivity index (χ0) is 25.7. The van der Waals surface area contributed by atoms with Gasteiger partial charge in [0.05, 0.1) is 0 Å². The molecule has 0 spiro atoms. The summed E-state index contributed by atoms with van der Waals surface area (Å²) in [7, 11) is -2.05. The van der Waals surface area contributed by atoms with Gasteiger partial charge >= 0.3 is 222 Å². The van der Waals surface area contributed by atoms with Crippen molar-refractivity contribution in [1.29, 1.82) is 0 Å². The number of ketones is 2. The van der Waals surface area contributed by atoms with Gasteiger partial charge in [0.15, 0.2) is 0 Å². The van der Waals surface area contributed by atoms with Crippen LogP contribution in [-0.4, -0.2) is 39.1 Å². The van der Waals surface area contributed by atoms with E-state index in [4.69, 9.17) is 11.6 Å². The summed E-state index contributed by atoms with van der Waals surface area (Å²) in [6.45, 7) is 15.0. The van der Waals surface area contributed by atoms with Gasteiger partial charge in [0.1, 0.15) is 0 Å². The molecule has 5 nitrogen and oxygen atoms in total. The van der Waals surface area contributed by atoms with Gasteiger partial charge in [-0.25, -0.2) is 0 Å². The third-order valence-corrected chi connectivity index (χ3v) is 13.7. The fraction of sp³-hybridized carbons (Fsp3) is 0.133. The van der Waals surface area contributed by atoms with Crippen LogP contribution in [0.25, 0.3) is 10.9 Å². The van der Waals surface area contributed by atoms with Crippen LogP contribution in [0.3, 0.4) is 0 Å². The van der Waals surface area contributed by atoms with Crippen molar-refractivity contribution >= 4 is 66.7 Å². The number of pyridine rings is 1. The van der Waals surface area contributed by atoms with E-state index in [1.54, 1.807) is 30.3 Å². The van der Waals surface area contributed by atoms with Crippen LogP contribution in [0.5, 0.6) is 0 Å². The number of hydrogen-bond donors (Lipinski definition) is 0. The number of carbonyl (C=O) groups excluding carboxylic acids is 2. The van der Waals surface area contributed by atoms with Crippen molar-refractivity contribution in [3.05, 3.63) is 111 Å². The molecule has 2 aromatic heterocycles. The second kappa shape index (κ2) is 7.36. The van der Waals surface area contributed by atoms with E-state index in [1.165, 1.54) is 10.4 Å². The number of Topliss-reactive ketones (excluding diaryl/α,β-unsaturated/α-hetero) is 2. The molecule has 37 heavy (non-hydrogen) atoms. The van der Waals surface area contributed by atoms with Crippen molar-refractivity contribution in [2.45, 2.75) is 25.6 Å². The zero-order valence-corrected chi connectivity index (χ0v) is 23.2. The minimum atomic E-state index is -2.05. The maximum atomic E-state index is 13.1. The van der Waals surface area contributed by atoms with Gasteiger partial charge in [-0.15, -0.1) is 0 Å². The molecule has 4 heterocycles. The molecule has 0 amide bonds. The number of anilines is 3. The van der Waals surface area contributed by atoms with Gasteiger partial charge in [-0.05, 0) is 0 Å². The standard InChI is InChI=1S/C30H21N3O2SeSi/c1-30(31-2)21-11-7-12-23-25(21)33(28-24(37(23,3)4)13-8-14-32-28)29-22(30)16-17(36-29)15-20-26(34)18-9-5-6-10-19(18)27(20)35/h5-16H,1,3-4H3. The Morgan fingerprint density at radius 1 is 0.973 bits per heavy atom. The fourth-order valence-electron chi connectivity index (χ4n) is 5.99. The summed E-state index contributed by atoms with van der Waals surface area (Å²) in [6.07, 6.45) is 3.60. The Morgan fingerprint density at radius 2 is 1.68 bits per heavy atom. The van der Waals surface area contributed by atoms with Crippen LogP contribution in [0.15, 0.2) is 72.4 Å². The monoisotopic (exact) mass is 563 g/mol. The van der Waals surface area contributed by atoms with Crippen LogP contribution in [0.4, 0.5) is 16.1 Å². The second-order valence-electron chi connectivity index (χ2n) is 10.4. The van der Waals surface area contributed by atoms with Crippen molar-refractivity contribution in [3.63, 3.8) is 0 Å². The molecule has 4 aromatic rings. The summed E-state index contributed by atoms with van der Waals surface area (Å²) in [6, 6.07) is 19.6. The zero-order valence-electron chi connectivity index (χ0n) is 20.5. The Hall–Kier alpha value is -3.82. The van der Waals surface area contributed by atoms with Gasteiger partial charge in [0.2, 0.25) is 0 Å². The Bertz CT molecular complexity index is 1760. The molecule has 0 fully saturated rings. The summed E-state index contributed by atoms with van der Waals surface area (Å²) in [4.78, 5) is 37.5. The fourth-order valence-corrected chi connectivity index (χ4v) is 11.4. The Morgan fingerprint density at radius 3 is 2.38 bits per heavy atom. The molecule has 7 rings (SSSR count). The molecule has 1 atom stereocenters. The summed E-state index contributed by atoms with van der Waals surface area (Å²) < 4.78 is 1.99.